The molecular weight excluding hydrogens is 261 g/mol. The maximum Gasteiger partial charge on any atom is 0.317 e. The van der Waals surface area contributed by atoms with E-state index >= 15 is 0 Å². The number of carboxylic acids is 1. The van der Waals surface area contributed by atoms with E-state index in [0.717, 1.165) is 0 Å². The number of carbonyl (C=O) groups is 2. The lowest BCUT2D eigenvalue weighted by atomic mass is 9.79. The predicted molar refractivity (Wildman–Crippen MR) is 73.7 cm³/mol. The summed E-state index contributed by atoms with van der Waals surface area (Å²) in [6, 6.07) is 5.61. The van der Waals surface area contributed by atoms with Crippen molar-refractivity contribution in [1.29, 1.82) is 0 Å². The van der Waals surface area contributed by atoms with Crippen LogP contribution in [0.15, 0.2) is 36.5 Å². The molecule has 1 rings (SSSR count). The zero-order valence-electron chi connectivity index (χ0n) is 11.8. The minimum absolute atomic E-state index is 0.0588. The summed E-state index contributed by atoms with van der Waals surface area (Å²) in [6.45, 7) is 1.35. The fourth-order valence-electron chi connectivity index (χ4n) is 1.72. The van der Waals surface area contributed by atoms with Crippen LogP contribution < -0.4 is 0 Å². The van der Waals surface area contributed by atoms with Crippen LogP contribution in [0.25, 0.3) is 0 Å². The molecule has 0 radical (unpaired) electrons. The zero-order valence-corrected chi connectivity index (χ0v) is 11.8. The maximum absolute atomic E-state index is 13.1. The normalized spacial score (nSPS) is 14.0. The Bertz CT molecular complexity index is 540. The van der Waals surface area contributed by atoms with Crippen LogP contribution in [-0.4, -0.2) is 35.9 Å². The number of halogens is 1. The molecule has 1 N–H and O–H groups in total. The Morgan fingerprint density at radius 2 is 2.05 bits per heavy atom. The second-order valence-corrected chi connectivity index (χ2v) is 5.09. The first-order chi connectivity index (χ1) is 9.25. The summed E-state index contributed by atoms with van der Waals surface area (Å²) in [5, 5.41) is 9.34. The molecule has 108 valence electrons. The highest BCUT2D eigenvalue weighted by molar-refractivity contribution is 6.08. The summed E-state index contributed by atoms with van der Waals surface area (Å²) in [6.07, 6.45) is 2.67. The van der Waals surface area contributed by atoms with Crippen molar-refractivity contribution in [1.82, 2.24) is 4.90 Å². The predicted octanol–water partition coefficient (Wildman–Crippen LogP) is 2.10. The van der Waals surface area contributed by atoms with Gasteiger partial charge >= 0.3 is 5.97 Å². The van der Waals surface area contributed by atoms with Crippen LogP contribution in [-0.2, 0) is 16.0 Å². The maximum atomic E-state index is 13.1. The van der Waals surface area contributed by atoms with E-state index in [1.807, 2.05) is 0 Å². The summed E-state index contributed by atoms with van der Waals surface area (Å²) in [4.78, 5) is 25.2. The van der Waals surface area contributed by atoms with Gasteiger partial charge in [0.15, 0.2) is 5.78 Å². The molecule has 4 nitrogen and oxygen atoms in total. The second kappa shape index (κ2) is 6.32. The van der Waals surface area contributed by atoms with Gasteiger partial charge in [0, 0.05) is 20.3 Å². The quantitative estimate of drug-likeness (QED) is 0.640. The number of ketones is 1. The van der Waals surface area contributed by atoms with Gasteiger partial charge in [-0.25, -0.2) is 4.39 Å². The molecular formula is C15H18FNO3. The molecule has 0 aliphatic heterocycles. The third-order valence-electron chi connectivity index (χ3n) is 2.99. The van der Waals surface area contributed by atoms with Gasteiger partial charge in [-0.1, -0.05) is 12.1 Å². The van der Waals surface area contributed by atoms with Crippen LogP contribution in [0.4, 0.5) is 4.39 Å². The Hall–Kier alpha value is -2.17. The first-order valence-electron chi connectivity index (χ1n) is 6.12. The molecule has 0 spiro atoms. The zero-order chi connectivity index (χ0) is 15.3. The minimum atomic E-state index is -1.61. The van der Waals surface area contributed by atoms with Crippen molar-refractivity contribution in [3.05, 3.63) is 47.9 Å². The van der Waals surface area contributed by atoms with Crippen LogP contribution in [0.2, 0.25) is 0 Å². The first kappa shape index (κ1) is 15.9. The summed E-state index contributed by atoms with van der Waals surface area (Å²) < 4.78 is 13.1. The molecule has 1 atom stereocenters. The van der Waals surface area contributed by atoms with Crippen LogP contribution in [0.3, 0.4) is 0 Å². The number of nitrogens with zero attached hydrogens (tertiary/aromatic N) is 1. The molecule has 0 saturated carbocycles. The lowest BCUT2D eigenvalue weighted by Crippen LogP contribution is -2.37. The smallest absolute Gasteiger partial charge is 0.317 e. The highest BCUT2D eigenvalue weighted by Crippen LogP contribution is 2.25. The van der Waals surface area contributed by atoms with Gasteiger partial charge in [-0.15, -0.1) is 0 Å². The number of benzene rings is 1. The largest absolute Gasteiger partial charge is 0.480 e. The molecule has 0 aliphatic rings. The lowest BCUT2D eigenvalue weighted by Gasteiger charge is -2.22. The highest BCUT2D eigenvalue weighted by Gasteiger charge is 2.39. The van der Waals surface area contributed by atoms with E-state index in [4.69, 9.17) is 0 Å². The van der Waals surface area contributed by atoms with Crippen molar-refractivity contribution in [2.24, 2.45) is 5.41 Å². The van der Waals surface area contributed by atoms with Crippen LogP contribution in [0, 0.1) is 11.2 Å². The lowest BCUT2D eigenvalue weighted by molar-refractivity contribution is -0.152. The van der Waals surface area contributed by atoms with Gasteiger partial charge in [-0.05, 0) is 37.1 Å². The summed E-state index contributed by atoms with van der Waals surface area (Å²) >= 11 is 0. The van der Waals surface area contributed by atoms with Crippen LogP contribution in [0.5, 0.6) is 0 Å². The fraction of sp³-hybridized carbons (Fsp3) is 0.333. The van der Waals surface area contributed by atoms with E-state index in [0.29, 0.717) is 5.56 Å². The molecule has 5 heteroatoms. The van der Waals surface area contributed by atoms with Gasteiger partial charge in [0.1, 0.15) is 11.2 Å². The van der Waals surface area contributed by atoms with Crippen molar-refractivity contribution >= 4 is 11.8 Å². The number of carbonyl (C=O) groups excluding carboxylic acids is 1. The summed E-state index contributed by atoms with van der Waals surface area (Å²) in [5.74, 6) is -2.20. The molecule has 0 amide bonds. The van der Waals surface area contributed by atoms with Crippen molar-refractivity contribution in [2.45, 2.75) is 13.3 Å². The van der Waals surface area contributed by atoms with Crippen molar-refractivity contribution in [3.8, 4) is 0 Å². The van der Waals surface area contributed by atoms with Crippen molar-refractivity contribution in [3.63, 3.8) is 0 Å². The van der Waals surface area contributed by atoms with E-state index in [1.54, 1.807) is 25.1 Å². The average molecular weight is 279 g/mol. The van der Waals surface area contributed by atoms with Crippen molar-refractivity contribution < 1.29 is 19.1 Å². The Kier molecular flexibility index (Phi) is 5.02. The van der Waals surface area contributed by atoms with E-state index in [-0.39, 0.29) is 6.42 Å². The molecule has 0 aromatic heterocycles. The molecule has 0 bridgehead atoms. The van der Waals surface area contributed by atoms with Crippen LogP contribution in [0.1, 0.15) is 12.5 Å². The van der Waals surface area contributed by atoms with Gasteiger partial charge in [0.2, 0.25) is 0 Å². The van der Waals surface area contributed by atoms with E-state index in [9.17, 15) is 19.1 Å². The topological polar surface area (TPSA) is 57.6 Å². The summed E-state index contributed by atoms with van der Waals surface area (Å²) in [7, 11) is 3.46. The molecule has 1 aromatic carbocycles. The Morgan fingerprint density at radius 1 is 1.40 bits per heavy atom. The van der Waals surface area contributed by atoms with E-state index < -0.39 is 23.0 Å². The van der Waals surface area contributed by atoms with Gasteiger partial charge in [-0.3, -0.25) is 9.59 Å². The van der Waals surface area contributed by atoms with Gasteiger partial charge < -0.3 is 10.0 Å². The van der Waals surface area contributed by atoms with Gasteiger partial charge in [-0.2, -0.15) is 0 Å². The molecule has 0 heterocycles. The number of hydrogen-bond acceptors (Lipinski definition) is 3. The Morgan fingerprint density at radius 3 is 2.55 bits per heavy atom. The Labute approximate surface area is 117 Å². The third-order valence-corrected chi connectivity index (χ3v) is 2.99. The number of aliphatic carboxylic acids is 1. The SMILES string of the molecule is CN(C)/C=C/C(=O)[C@@](C)(Cc1cccc(F)c1)C(=O)O. The Balaban J connectivity index is 3.03. The standard InChI is InChI=1S/C15H18FNO3/c1-15(14(19)20,13(18)7-8-17(2)3)10-11-5-4-6-12(16)9-11/h4-9H,10H2,1-3H3,(H,19,20)/b8-7+/t15-/m1/s1. The fourth-order valence-corrected chi connectivity index (χ4v) is 1.72. The average Bonchev–Trinajstić information content (AvgIpc) is 2.35. The van der Waals surface area contributed by atoms with Gasteiger partial charge in [0.05, 0.1) is 0 Å². The van der Waals surface area contributed by atoms with E-state index in [2.05, 4.69) is 0 Å². The molecule has 0 unspecified atom stereocenters. The molecule has 20 heavy (non-hydrogen) atoms. The second-order valence-electron chi connectivity index (χ2n) is 5.09. The number of allylic oxidation sites excluding steroid dienone is 1. The first-order valence-corrected chi connectivity index (χ1v) is 6.12. The minimum Gasteiger partial charge on any atom is -0.480 e. The van der Waals surface area contributed by atoms with Crippen molar-refractivity contribution in [2.75, 3.05) is 14.1 Å². The van der Waals surface area contributed by atoms with Gasteiger partial charge in [0.25, 0.3) is 0 Å². The highest BCUT2D eigenvalue weighted by atomic mass is 19.1. The number of carboxylic acid groups (broad SMARTS) is 1. The molecule has 0 fully saturated rings. The molecule has 0 aliphatic carbocycles. The molecule has 0 saturated heterocycles. The van der Waals surface area contributed by atoms with E-state index in [1.165, 1.54) is 37.4 Å². The third kappa shape index (κ3) is 3.91. The number of rotatable bonds is 6. The number of hydrogen-bond donors (Lipinski definition) is 1. The van der Waals surface area contributed by atoms with Crippen LogP contribution >= 0.6 is 0 Å². The summed E-state index contributed by atoms with van der Waals surface area (Å²) in [5.41, 5.74) is -1.14. The monoisotopic (exact) mass is 279 g/mol. The molecule has 1 aromatic rings.